The van der Waals surface area contributed by atoms with Gasteiger partial charge in [-0.05, 0) is 68.7 Å². The van der Waals surface area contributed by atoms with E-state index in [1.807, 2.05) is 0 Å². The maximum absolute atomic E-state index is 10.3. The average Bonchev–Trinajstić information content (AvgIpc) is 2.30. The minimum atomic E-state index is -2.10. The van der Waals surface area contributed by atoms with Crippen molar-refractivity contribution in [3.05, 3.63) is 0 Å². The SMILES string of the molecule is O=S(O)OCCCNC1C2CC3CC(C2)CC1C3. The molecule has 0 aromatic heterocycles. The Bertz CT molecular complexity index is 295. The van der Waals surface area contributed by atoms with E-state index < -0.39 is 11.4 Å². The molecule has 0 heterocycles. The normalized spacial score (nSPS) is 43.3. The molecule has 4 saturated carbocycles. The molecule has 5 heteroatoms. The molecule has 18 heavy (non-hydrogen) atoms. The molecule has 0 aromatic carbocycles. The molecule has 4 nitrogen and oxygen atoms in total. The van der Waals surface area contributed by atoms with Crippen LogP contribution in [-0.2, 0) is 15.5 Å². The first-order valence-corrected chi connectivity index (χ1v) is 8.23. The van der Waals surface area contributed by atoms with Gasteiger partial charge in [-0.15, -0.1) is 0 Å². The third-order valence-corrected chi connectivity index (χ3v) is 5.48. The van der Waals surface area contributed by atoms with Crippen molar-refractivity contribution in [2.75, 3.05) is 13.2 Å². The molecule has 0 aliphatic heterocycles. The van der Waals surface area contributed by atoms with Crippen LogP contribution in [0.15, 0.2) is 0 Å². The summed E-state index contributed by atoms with van der Waals surface area (Å²) in [4.78, 5) is 0. The Balaban J connectivity index is 1.42. The fourth-order valence-corrected chi connectivity index (χ4v) is 4.99. The second-order valence-corrected chi connectivity index (χ2v) is 6.97. The van der Waals surface area contributed by atoms with Gasteiger partial charge in [0.05, 0.1) is 6.61 Å². The Morgan fingerprint density at radius 3 is 2.28 bits per heavy atom. The van der Waals surface area contributed by atoms with Crippen LogP contribution in [0, 0.1) is 23.7 Å². The highest BCUT2D eigenvalue weighted by atomic mass is 32.2. The molecule has 0 aromatic rings. The van der Waals surface area contributed by atoms with Crippen LogP contribution in [0.4, 0.5) is 0 Å². The zero-order valence-corrected chi connectivity index (χ0v) is 11.5. The summed E-state index contributed by atoms with van der Waals surface area (Å²) in [6.07, 6.45) is 8.04. The van der Waals surface area contributed by atoms with Crippen molar-refractivity contribution in [1.29, 1.82) is 0 Å². The molecule has 4 rings (SSSR count). The Hall–Kier alpha value is 0.0300. The molecule has 1 atom stereocenters. The minimum Gasteiger partial charge on any atom is -0.313 e. The van der Waals surface area contributed by atoms with E-state index in [0.717, 1.165) is 36.6 Å². The maximum atomic E-state index is 10.3. The summed E-state index contributed by atoms with van der Waals surface area (Å²) in [5.74, 6) is 3.83. The maximum Gasteiger partial charge on any atom is 0.301 e. The first kappa shape index (κ1) is 13.0. The van der Waals surface area contributed by atoms with E-state index in [2.05, 4.69) is 9.50 Å². The van der Waals surface area contributed by atoms with Crippen molar-refractivity contribution in [2.45, 2.75) is 44.6 Å². The molecular weight excluding hydrogens is 250 g/mol. The highest BCUT2D eigenvalue weighted by molar-refractivity contribution is 7.74. The van der Waals surface area contributed by atoms with Gasteiger partial charge in [0.2, 0.25) is 0 Å². The molecule has 0 spiro atoms. The molecular formula is C13H23NO3S. The van der Waals surface area contributed by atoms with Crippen molar-refractivity contribution < 1.29 is 12.9 Å². The van der Waals surface area contributed by atoms with E-state index in [4.69, 9.17) is 4.55 Å². The first-order valence-electron chi connectivity index (χ1n) is 7.20. The van der Waals surface area contributed by atoms with Gasteiger partial charge >= 0.3 is 11.4 Å². The summed E-state index contributed by atoms with van der Waals surface area (Å²) in [6.45, 7) is 1.27. The lowest BCUT2D eigenvalue weighted by molar-refractivity contribution is -0.0137. The van der Waals surface area contributed by atoms with Gasteiger partial charge in [0, 0.05) is 6.04 Å². The summed E-state index contributed by atoms with van der Waals surface area (Å²) in [5.41, 5.74) is 0. The molecule has 2 N–H and O–H groups in total. The monoisotopic (exact) mass is 273 g/mol. The van der Waals surface area contributed by atoms with Crippen LogP contribution in [0.3, 0.4) is 0 Å². The molecule has 4 aliphatic rings. The molecule has 1 unspecified atom stereocenters. The number of hydrogen-bond donors (Lipinski definition) is 2. The number of rotatable bonds is 6. The van der Waals surface area contributed by atoms with Gasteiger partial charge in [-0.25, -0.2) is 0 Å². The summed E-state index contributed by atoms with van der Waals surface area (Å²) < 4.78 is 23.5. The summed E-state index contributed by atoms with van der Waals surface area (Å²) in [5, 5.41) is 3.68. The van der Waals surface area contributed by atoms with Crippen molar-refractivity contribution in [1.82, 2.24) is 5.32 Å². The predicted molar refractivity (Wildman–Crippen MR) is 70.2 cm³/mol. The van der Waals surface area contributed by atoms with Gasteiger partial charge in [0.25, 0.3) is 0 Å². The Morgan fingerprint density at radius 1 is 1.11 bits per heavy atom. The van der Waals surface area contributed by atoms with Gasteiger partial charge in [0.1, 0.15) is 0 Å². The summed E-state index contributed by atoms with van der Waals surface area (Å²) >= 11 is -2.10. The van der Waals surface area contributed by atoms with Gasteiger partial charge in [-0.1, -0.05) is 0 Å². The van der Waals surface area contributed by atoms with Crippen LogP contribution < -0.4 is 5.32 Å². The molecule has 0 radical (unpaired) electrons. The Labute approximate surface area is 111 Å². The van der Waals surface area contributed by atoms with Crippen molar-refractivity contribution in [3.63, 3.8) is 0 Å². The topological polar surface area (TPSA) is 58.6 Å². The highest BCUT2D eigenvalue weighted by Crippen LogP contribution is 2.53. The van der Waals surface area contributed by atoms with Gasteiger partial charge in [-0.3, -0.25) is 8.74 Å². The van der Waals surface area contributed by atoms with Crippen LogP contribution in [0.1, 0.15) is 38.5 Å². The number of nitrogens with one attached hydrogen (secondary N) is 1. The van der Waals surface area contributed by atoms with Crippen molar-refractivity contribution in [3.8, 4) is 0 Å². The lowest BCUT2D eigenvalue weighted by Crippen LogP contribution is -2.54. The Morgan fingerprint density at radius 2 is 1.72 bits per heavy atom. The van der Waals surface area contributed by atoms with E-state index in [0.29, 0.717) is 12.6 Å². The lowest BCUT2D eigenvalue weighted by atomic mass is 9.54. The second-order valence-electron chi connectivity index (χ2n) is 6.30. The lowest BCUT2D eigenvalue weighted by Gasteiger charge is -2.54. The summed E-state index contributed by atoms with van der Waals surface area (Å²) in [7, 11) is 0. The van der Waals surface area contributed by atoms with E-state index >= 15 is 0 Å². The zero-order chi connectivity index (χ0) is 12.5. The van der Waals surface area contributed by atoms with Crippen LogP contribution >= 0.6 is 0 Å². The van der Waals surface area contributed by atoms with Gasteiger partial charge in [0.15, 0.2) is 0 Å². The third kappa shape index (κ3) is 2.79. The largest absolute Gasteiger partial charge is 0.313 e. The number of hydrogen-bond acceptors (Lipinski definition) is 3. The van der Waals surface area contributed by atoms with E-state index in [-0.39, 0.29) is 0 Å². The second kappa shape index (κ2) is 5.57. The Kier molecular flexibility index (Phi) is 4.03. The first-order chi connectivity index (χ1) is 8.72. The van der Waals surface area contributed by atoms with Crippen LogP contribution in [0.5, 0.6) is 0 Å². The average molecular weight is 273 g/mol. The minimum absolute atomic E-state index is 0.364. The van der Waals surface area contributed by atoms with Crippen LogP contribution in [0.25, 0.3) is 0 Å². The molecule has 0 amide bonds. The fourth-order valence-electron chi connectivity index (χ4n) is 4.73. The van der Waals surface area contributed by atoms with E-state index in [1.54, 1.807) is 0 Å². The van der Waals surface area contributed by atoms with Crippen molar-refractivity contribution >= 4 is 11.4 Å². The fraction of sp³-hybridized carbons (Fsp3) is 1.00. The van der Waals surface area contributed by atoms with E-state index in [9.17, 15) is 4.21 Å². The molecule has 4 fully saturated rings. The van der Waals surface area contributed by atoms with Gasteiger partial charge < -0.3 is 5.32 Å². The van der Waals surface area contributed by atoms with Crippen molar-refractivity contribution in [2.24, 2.45) is 23.7 Å². The third-order valence-electron chi connectivity index (χ3n) is 5.11. The van der Waals surface area contributed by atoms with Crippen LogP contribution in [-0.4, -0.2) is 28.0 Å². The summed E-state index contributed by atoms with van der Waals surface area (Å²) in [6, 6.07) is 0.706. The zero-order valence-electron chi connectivity index (χ0n) is 10.7. The standard InChI is InChI=1S/C13H23NO3S/c15-18(16)17-3-1-2-14-13-11-5-9-4-10(7-11)8-12(13)6-9/h9-14H,1-8H2,(H,15,16). The molecule has 4 aliphatic carbocycles. The van der Waals surface area contributed by atoms with E-state index in [1.165, 1.54) is 32.1 Å². The molecule has 4 bridgehead atoms. The molecule has 104 valence electrons. The smallest absolute Gasteiger partial charge is 0.301 e. The van der Waals surface area contributed by atoms with Crippen LogP contribution in [0.2, 0.25) is 0 Å². The molecule has 0 saturated heterocycles. The van der Waals surface area contributed by atoms with Gasteiger partial charge in [-0.2, -0.15) is 4.21 Å². The predicted octanol–water partition coefficient (Wildman–Crippen LogP) is 1.94. The quantitative estimate of drug-likeness (QED) is 0.573. The highest BCUT2D eigenvalue weighted by Gasteiger charge is 2.47.